The summed E-state index contributed by atoms with van der Waals surface area (Å²) in [4.78, 5) is 12.3. The van der Waals surface area contributed by atoms with Crippen LogP contribution < -0.4 is 15.5 Å². The molecule has 0 bridgehead atoms. The summed E-state index contributed by atoms with van der Waals surface area (Å²) in [5.41, 5.74) is 2.20. The van der Waals surface area contributed by atoms with Crippen molar-refractivity contribution in [3.63, 3.8) is 0 Å². The molecular formula is C27H31N5O3S2. The molecule has 1 aromatic heterocycles. The van der Waals surface area contributed by atoms with Gasteiger partial charge in [-0.2, -0.15) is 0 Å². The molecule has 3 aromatic rings. The Morgan fingerprint density at radius 2 is 1.86 bits per heavy atom. The Morgan fingerprint density at radius 3 is 2.51 bits per heavy atom. The Morgan fingerprint density at radius 1 is 1.14 bits per heavy atom. The van der Waals surface area contributed by atoms with Crippen LogP contribution in [0.4, 0.5) is 11.5 Å². The average Bonchev–Trinajstić information content (AvgIpc) is 3.73. The maximum Gasteiger partial charge on any atom is 0.189 e. The van der Waals surface area contributed by atoms with E-state index in [9.17, 15) is 8.42 Å². The van der Waals surface area contributed by atoms with E-state index in [1.54, 1.807) is 24.3 Å². The molecule has 1 saturated heterocycles. The van der Waals surface area contributed by atoms with Gasteiger partial charge in [0, 0.05) is 30.4 Å². The molecule has 8 nitrogen and oxygen atoms in total. The molecule has 2 N–H and O–H groups in total. The molecular weight excluding hydrogens is 506 g/mol. The maximum absolute atomic E-state index is 13.8. The fraction of sp³-hybridized carbons (Fsp3) is 0.370. The first kappa shape index (κ1) is 25.6. The fourth-order valence-electron chi connectivity index (χ4n) is 4.65. The molecule has 1 aliphatic heterocycles. The van der Waals surface area contributed by atoms with E-state index >= 15 is 0 Å². The number of ether oxygens (including phenoxy) is 1. The molecule has 194 valence electrons. The highest BCUT2D eigenvalue weighted by Crippen LogP contribution is 2.55. The number of rotatable bonds is 7. The number of hydrogen-bond donors (Lipinski definition) is 2. The van der Waals surface area contributed by atoms with Crippen molar-refractivity contribution in [2.75, 3.05) is 36.5 Å². The minimum atomic E-state index is -3.63. The number of morpholine rings is 1. The molecule has 2 aromatic carbocycles. The highest BCUT2D eigenvalue weighted by molar-refractivity contribution is 7.92. The van der Waals surface area contributed by atoms with Crippen LogP contribution in [0.2, 0.25) is 0 Å². The fourth-order valence-corrected chi connectivity index (χ4v) is 6.90. The van der Waals surface area contributed by atoms with Gasteiger partial charge in [0.15, 0.2) is 20.8 Å². The lowest BCUT2D eigenvalue weighted by molar-refractivity contribution is 0.0985. The lowest BCUT2D eigenvalue weighted by Gasteiger charge is -2.34. The zero-order valence-electron chi connectivity index (χ0n) is 21.0. The van der Waals surface area contributed by atoms with Crippen molar-refractivity contribution in [1.29, 1.82) is 0 Å². The first-order valence-corrected chi connectivity index (χ1v) is 14.4. The second-order valence-corrected chi connectivity index (χ2v) is 12.1. The van der Waals surface area contributed by atoms with Gasteiger partial charge in [-0.1, -0.05) is 18.2 Å². The van der Waals surface area contributed by atoms with Crippen molar-refractivity contribution >= 4 is 38.7 Å². The minimum Gasteiger partial charge on any atom is -0.377 e. The van der Waals surface area contributed by atoms with Gasteiger partial charge in [-0.3, -0.25) is 0 Å². The lowest BCUT2D eigenvalue weighted by Crippen LogP contribution is -2.44. The molecule has 0 amide bonds. The predicted molar refractivity (Wildman–Crippen MR) is 150 cm³/mol. The van der Waals surface area contributed by atoms with Crippen LogP contribution in [-0.4, -0.2) is 55.8 Å². The number of aromatic nitrogens is 2. The maximum atomic E-state index is 13.8. The van der Waals surface area contributed by atoms with Crippen LogP contribution in [0.3, 0.4) is 0 Å². The van der Waals surface area contributed by atoms with Crippen LogP contribution in [0.15, 0.2) is 65.6 Å². The normalized spacial score (nSPS) is 18.8. The van der Waals surface area contributed by atoms with Crippen molar-refractivity contribution in [1.82, 2.24) is 15.3 Å². The van der Waals surface area contributed by atoms with Gasteiger partial charge in [0.25, 0.3) is 0 Å². The van der Waals surface area contributed by atoms with Crippen LogP contribution in [0.25, 0.3) is 11.4 Å². The number of anilines is 2. The van der Waals surface area contributed by atoms with Gasteiger partial charge in [-0.25, -0.2) is 18.4 Å². The molecule has 0 unspecified atom stereocenters. The van der Waals surface area contributed by atoms with Crippen molar-refractivity contribution < 1.29 is 13.2 Å². The van der Waals surface area contributed by atoms with Crippen LogP contribution >= 0.6 is 12.2 Å². The van der Waals surface area contributed by atoms with Crippen LogP contribution in [0.5, 0.6) is 0 Å². The summed E-state index contributed by atoms with van der Waals surface area (Å²) in [7, 11) is -3.63. The predicted octanol–water partition coefficient (Wildman–Crippen LogP) is 4.14. The van der Waals surface area contributed by atoms with Gasteiger partial charge in [0.2, 0.25) is 0 Å². The van der Waals surface area contributed by atoms with Gasteiger partial charge >= 0.3 is 0 Å². The Hall–Kier alpha value is -3.08. The summed E-state index contributed by atoms with van der Waals surface area (Å²) < 4.78 is 32.2. The molecule has 10 heteroatoms. The zero-order valence-corrected chi connectivity index (χ0v) is 22.6. The van der Waals surface area contributed by atoms with E-state index in [0.717, 1.165) is 23.6 Å². The SMILES string of the molecule is CCNC(=S)Nc1ccc(-c2nc(N3CCOC[C@@H]3C)cc(C3(S(=O)(=O)c4ccccc4)CC3)n2)cc1. The average molecular weight is 538 g/mol. The smallest absolute Gasteiger partial charge is 0.189 e. The molecule has 1 saturated carbocycles. The number of sulfone groups is 1. The Bertz CT molecular complexity index is 1380. The van der Waals surface area contributed by atoms with E-state index in [1.807, 2.05) is 43.3 Å². The summed E-state index contributed by atoms with van der Waals surface area (Å²) in [5, 5.41) is 6.78. The first-order chi connectivity index (χ1) is 17.8. The second-order valence-electron chi connectivity index (χ2n) is 9.42. The zero-order chi connectivity index (χ0) is 26.0. The van der Waals surface area contributed by atoms with Crippen LogP contribution in [0.1, 0.15) is 32.4 Å². The van der Waals surface area contributed by atoms with E-state index < -0.39 is 14.6 Å². The quantitative estimate of drug-likeness (QED) is 0.431. The Labute approximate surface area is 223 Å². The Balaban J connectivity index is 1.56. The third-order valence-corrected chi connectivity index (χ3v) is 9.64. The highest BCUT2D eigenvalue weighted by atomic mass is 32.2. The lowest BCUT2D eigenvalue weighted by atomic mass is 10.1. The van der Waals surface area contributed by atoms with Crippen molar-refractivity contribution in [3.8, 4) is 11.4 Å². The summed E-state index contributed by atoms with van der Waals surface area (Å²) in [6, 6.07) is 18.3. The largest absolute Gasteiger partial charge is 0.377 e. The topological polar surface area (TPSA) is 96.5 Å². The molecule has 37 heavy (non-hydrogen) atoms. The van der Waals surface area contributed by atoms with Gasteiger partial charge in [-0.15, -0.1) is 0 Å². The third-order valence-electron chi connectivity index (χ3n) is 6.85. The van der Waals surface area contributed by atoms with Gasteiger partial charge < -0.3 is 20.3 Å². The van der Waals surface area contributed by atoms with E-state index in [1.165, 1.54) is 0 Å². The molecule has 1 aliphatic carbocycles. The van der Waals surface area contributed by atoms with Crippen LogP contribution in [0, 0.1) is 0 Å². The third kappa shape index (κ3) is 5.05. The summed E-state index contributed by atoms with van der Waals surface area (Å²) in [6.07, 6.45) is 1.06. The molecule has 2 aliphatic rings. The molecule has 2 fully saturated rings. The van der Waals surface area contributed by atoms with E-state index in [2.05, 4.69) is 22.5 Å². The molecule has 0 spiro atoms. The van der Waals surface area contributed by atoms with E-state index in [-0.39, 0.29) is 6.04 Å². The molecule has 5 rings (SSSR count). The van der Waals surface area contributed by atoms with Gasteiger partial charge in [0.05, 0.1) is 29.8 Å². The summed E-state index contributed by atoms with van der Waals surface area (Å²) >= 11 is 5.28. The van der Waals surface area contributed by atoms with Crippen LogP contribution in [-0.2, 0) is 19.3 Å². The Kier molecular flexibility index (Phi) is 7.15. The van der Waals surface area contributed by atoms with E-state index in [4.69, 9.17) is 26.9 Å². The van der Waals surface area contributed by atoms with Crippen molar-refractivity contribution in [2.45, 2.75) is 42.4 Å². The van der Waals surface area contributed by atoms with Gasteiger partial charge in [-0.05, 0) is 75.3 Å². The minimum absolute atomic E-state index is 0.115. The number of nitrogens with one attached hydrogen (secondary N) is 2. The summed E-state index contributed by atoms with van der Waals surface area (Å²) in [5.74, 6) is 1.22. The first-order valence-electron chi connectivity index (χ1n) is 12.5. The number of hydrogen-bond acceptors (Lipinski definition) is 7. The van der Waals surface area contributed by atoms with E-state index in [0.29, 0.717) is 54.1 Å². The highest BCUT2D eigenvalue weighted by Gasteiger charge is 2.58. The summed E-state index contributed by atoms with van der Waals surface area (Å²) in [6.45, 7) is 6.68. The second kappa shape index (κ2) is 10.4. The molecule has 1 atom stereocenters. The molecule has 0 radical (unpaired) electrons. The number of thiocarbonyl (C=S) groups is 1. The standard InChI is InChI=1S/C27H31N5O3S2/c1-3-28-26(36)29-21-11-9-20(10-12-21)25-30-23(17-24(31-25)32-15-16-35-18-19(32)2)27(13-14-27)37(33,34)22-7-5-4-6-8-22/h4-12,17,19H,3,13-16,18H2,1-2H3,(H2,28,29,36)/t19-/m0/s1. The number of nitrogens with zero attached hydrogens (tertiary/aromatic N) is 3. The van der Waals surface area contributed by atoms with Crippen molar-refractivity contribution in [2.24, 2.45) is 0 Å². The number of benzene rings is 2. The van der Waals surface area contributed by atoms with Gasteiger partial charge in [0.1, 0.15) is 10.6 Å². The molecule has 2 heterocycles. The van der Waals surface area contributed by atoms with Crippen molar-refractivity contribution in [3.05, 3.63) is 66.4 Å². The monoisotopic (exact) mass is 537 g/mol.